The van der Waals surface area contributed by atoms with Gasteiger partial charge in [-0.2, -0.15) is 0 Å². The standard InChI is InChI=1S/C34H28N2O3S/c1-2-8-21-14-16-23(17-15-21)31(37)29-30(32(38)27-13-7-20-40-27)36-26-12-6-3-9-22(26)18-19-28(36)34(29)24-10-4-5-11-25(24)35-33(34)39/h3-7,9-20,28-30H,2,8H2,1H3,(H,35,39)/t28-,29-,30+,34+/m1/s1. The molecule has 1 fully saturated rings. The number of nitrogens with zero attached hydrogens (tertiary/aromatic N) is 1. The lowest BCUT2D eigenvalue weighted by molar-refractivity contribution is -0.121. The van der Waals surface area contributed by atoms with E-state index in [1.165, 1.54) is 11.3 Å². The van der Waals surface area contributed by atoms with Gasteiger partial charge in [-0.3, -0.25) is 14.4 Å². The van der Waals surface area contributed by atoms with E-state index >= 15 is 0 Å². The van der Waals surface area contributed by atoms with E-state index in [9.17, 15) is 14.4 Å². The minimum absolute atomic E-state index is 0.139. The summed E-state index contributed by atoms with van der Waals surface area (Å²) in [5.41, 5.74) is 3.67. The monoisotopic (exact) mass is 544 g/mol. The molecule has 4 atom stereocenters. The molecule has 4 heterocycles. The second-order valence-corrected chi connectivity index (χ2v) is 11.7. The number of aryl methyl sites for hydroxylation is 1. The molecule has 0 bridgehead atoms. The van der Waals surface area contributed by atoms with Crippen molar-refractivity contribution >= 4 is 46.3 Å². The lowest BCUT2D eigenvalue weighted by Gasteiger charge is -2.37. The van der Waals surface area contributed by atoms with Crippen molar-refractivity contribution in [3.05, 3.63) is 124 Å². The van der Waals surface area contributed by atoms with Gasteiger partial charge < -0.3 is 10.2 Å². The summed E-state index contributed by atoms with van der Waals surface area (Å²) in [6.07, 6.45) is 5.96. The molecule has 0 saturated carbocycles. The van der Waals surface area contributed by atoms with Crippen LogP contribution >= 0.6 is 11.3 Å². The molecule has 5 nitrogen and oxygen atoms in total. The van der Waals surface area contributed by atoms with Gasteiger partial charge in [0.25, 0.3) is 0 Å². The number of nitrogens with one attached hydrogen (secondary N) is 1. The topological polar surface area (TPSA) is 66.5 Å². The molecule has 1 aromatic heterocycles. The minimum Gasteiger partial charge on any atom is -0.352 e. The molecule has 6 heteroatoms. The summed E-state index contributed by atoms with van der Waals surface area (Å²) in [5, 5.41) is 4.96. The van der Waals surface area contributed by atoms with E-state index in [-0.39, 0.29) is 17.5 Å². The third kappa shape index (κ3) is 3.42. The Morgan fingerprint density at radius 1 is 0.925 bits per heavy atom. The third-order valence-electron chi connectivity index (χ3n) is 8.63. The highest BCUT2D eigenvalue weighted by Crippen LogP contribution is 2.58. The van der Waals surface area contributed by atoms with Crippen LogP contribution in [0.25, 0.3) is 6.08 Å². The smallest absolute Gasteiger partial charge is 0.238 e. The summed E-state index contributed by atoms with van der Waals surface area (Å²) < 4.78 is 0. The van der Waals surface area contributed by atoms with E-state index in [1.807, 2.05) is 107 Å². The lowest BCUT2D eigenvalue weighted by Crippen LogP contribution is -2.51. The Bertz CT molecular complexity index is 1670. The predicted molar refractivity (Wildman–Crippen MR) is 159 cm³/mol. The van der Waals surface area contributed by atoms with Crippen LogP contribution in [0, 0.1) is 5.92 Å². The zero-order chi connectivity index (χ0) is 27.4. The van der Waals surface area contributed by atoms with Crippen LogP contribution in [0.3, 0.4) is 0 Å². The first-order valence-electron chi connectivity index (χ1n) is 13.7. The maximum atomic E-state index is 14.8. The van der Waals surface area contributed by atoms with Crippen LogP contribution in [-0.4, -0.2) is 29.6 Å². The molecular formula is C34H28N2O3S. The molecule has 3 aliphatic rings. The molecule has 4 aromatic rings. The van der Waals surface area contributed by atoms with Crippen molar-refractivity contribution in [2.45, 2.75) is 37.3 Å². The van der Waals surface area contributed by atoms with Gasteiger partial charge in [-0.1, -0.05) is 92.2 Å². The van der Waals surface area contributed by atoms with E-state index in [1.54, 1.807) is 0 Å². The number of anilines is 2. The SMILES string of the molecule is CCCc1ccc(C(=O)[C@H]2[C@@H](C(=O)c3cccs3)N3c4ccccc4C=C[C@@H]3[C@]23C(=O)Nc2ccccc23)cc1. The van der Waals surface area contributed by atoms with Crippen LogP contribution in [0.2, 0.25) is 0 Å². The minimum atomic E-state index is -1.28. The van der Waals surface area contributed by atoms with Crippen molar-refractivity contribution in [1.29, 1.82) is 0 Å². The molecule has 40 heavy (non-hydrogen) atoms. The summed E-state index contributed by atoms with van der Waals surface area (Å²) in [4.78, 5) is 46.2. The molecule has 0 aliphatic carbocycles. The Labute approximate surface area is 237 Å². The summed E-state index contributed by atoms with van der Waals surface area (Å²) in [7, 11) is 0. The third-order valence-corrected chi connectivity index (χ3v) is 9.52. The maximum absolute atomic E-state index is 14.8. The first-order valence-corrected chi connectivity index (χ1v) is 14.6. The van der Waals surface area contributed by atoms with Crippen LogP contribution in [0.5, 0.6) is 0 Å². The highest BCUT2D eigenvalue weighted by atomic mass is 32.1. The van der Waals surface area contributed by atoms with Crippen molar-refractivity contribution in [2.24, 2.45) is 5.92 Å². The number of carbonyl (C=O) groups is 3. The first-order chi connectivity index (χ1) is 19.6. The first kappa shape index (κ1) is 24.7. The molecule has 3 aliphatic heterocycles. The molecule has 7 rings (SSSR count). The zero-order valence-electron chi connectivity index (χ0n) is 22.0. The van der Waals surface area contributed by atoms with Gasteiger partial charge in [0.1, 0.15) is 11.5 Å². The van der Waals surface area contributed by atoms with Gasteiger partial charge in [0.15, 0.2) is 11.6 Å². The Balaban J connectivity index is 1.50. The number of hydrogen-bond donors (Lipinski definition) is 1. The number of benzene rings is 3. The number of carbonyl (C=O) groups excluding carboxylic acids is 3. The highest BCUT2D eigenvalue weighted by Gasteiger charge is 2.70. The van der Waals surface area contributed by atoms with Gasteiger partial charge in [0.2, 0.25) is 5.91 Å². The summed E-state index contributed by atoms with van der Waals surface area (Å²) in [6, 6.07) is 25.4. The predicted octanol–water partition coefficient (Wildman–Crippen LogP) is 6.56. The fourth-order valence-electron chi connectivity index (χ4n) is 6.99. The maximum Gasteiger partial charge on any atom is 0.238 e. The fourth-order valence-corrected chi connectivity index (χ4v) is 7.69. The molecule has 1 N–H and O–H groups in total. The number of Topliss-reactive ketones (excluding diaryl/α,β-unsaturated/α-hetero) is 2. The Morgan fingerprint density at radius 3 is 2.48 bits per heavy atom. The number of fused-ring (bicyclic) bond motifs is 6. The van der Waals surface area contributed by atoms with Crippen molar-refractivity contribution in [3.8, 4) is 0 Å². The second-order valence-electron chi connectivity index (χ2n) is 10.7. The summed E-state index contributed by atoms with van der Waals surface area (Å²) in [5.74, 6) is -1.51. The molecule has 1 saturated heterocycles. The summed E-state index contributed by atoms with van der Waals surface area (Å²) in [6.45, 7) is 2.12. The number of para-hydroxylation sites is 2. The van der Waals surface area contributed by atoms with Gasteiger partial charge in [-0.25, -0.2) is 0 Å². The number of thiophene rings is 1. The Morgan fingerprint density at radius 2 is 1.70 bits per heavy atom. The van der Waals surface area contributed by atoms with Gasteiger partial charge in [-0.15, -0.1) is 11.3 Å². The zero-order valence-corrected chi connectivity index (χ0v) is 22.9. The van der Waals surface area contributed by atoms with E-state index in [4.69, 9.17) is 0 Å². The highest BCUT2D eigenvalue weighted by molar-refractivity contribution is 7.12. The van der Waals surface area contributed by atoms with Crippen molar-refractivity contribution < 1.29 is 14.4 Å². The largest absolute Gasteiger partial charge is 0.352 e. The van der Waals surface area contributed by atoms with Crippen LogP contribution in [0.4, 0.5) is 11.4 Å². The van der Waals surface area contributed by atoms with Gasteiger partial charge in [0.05, 0.1) is 16.8 Å². The van der Waals surface area contributed by atoms with Gasteiger partial charge >= 0.3 is 0 Å². The summed E-state index contributed by atoms with van der Waals surface area (Å²) >= 11 is 1.37. The number of hydrogen-bond acceptors (Lipinski definition) is 5. The molecule has 3 aromatic carbocycles. The van der Waals surface area contributed by atoms with E-state index in [0.29, 0.717) is 16.1 Å². The average Bonchev–Trinajstić information content (AvgIpc) is 3.70. The molecule has 198 valence electrons. The van der Waals surface area contributed by atoms with Crippen molar-refractivity contribution in [2.75, 3.05) is 10.2 Å². The second kappa shape index (κ2) is 9.42. The number of rotatable bonds is 6. The van der Waals surface area contributed by atoms with Gasteiger partial charge in [-0.05, 0) is 46.7 Å². The number of amides is 1. The van der Waals surface area contributed by atoms with Crippen LogP contribution < -0.4 is 10.2 Å². The van der Waals surface area contributed by atoms with Crippen LogP contribution in [0.1, 0.15) is 50.1 Å². The lowest BCUT2D eigenvalue weighted by atomic mass is 9.64. The quantitative estimate of drug-likeness (QED) is 0.279. The van der Waals surface area contributed by atoms with Crippen molar-refractivity contribution in [1.82, 2.24) is 0 Å². The Hall–Kier alpha value is -4.29. The van der Waals surface area contributed by atoms with E-state index < -0.39 is 23.4 Å². The van der Waals surface area contributed by atoms with Gasteiger partial charge in [0, 0.05) is 16.9 Å². The fraction of sp³-hybridized carbons (Fsp3) is 0.206. The van der Waals surface area contributed by atoms with Crippen LogP contribution in [-0.2, 0) is 16.6 Å². The molecule has 0 radical (unpaired) electrons. The molecule has 0 unspecified atom stereocenters. The van der Waals surface area contributed by atoms with Crippen molar-refractivity contribution in [3.63, 3.8) is 0 Å². The number of ketones is 2. The Kier molecular flexibility index (Phi) is 5.82. The van der Waals surface area contributed by atoms with Crippen LogP contribution in [0.15, 0.2) is 96.4 Å². The molecule has 1 amide bonds. The van der Waals surface area contributed by atoms with E-state index in [0.717, 1.165) is 35.2 Å². The van der Waals surface area contributed by atoms with E-state index in [2.05, 4.69) is 12.2 Å². The normalized spacial score (nSPS) is 24.0. The molecular weight excluding hydrogens is 516 g/mol. The molecule has 1 spiro atoms. The average molecular weight is 545 g/mol.